The van der Waals surface area contributed by atoms with Crippen LogP contribution in [0.5, 0.6) is 0 Å². The molecular weight excluding hydrogens is 333 g/mol. The second-order valence-corrected chi connectivity index (χ2v) is 6.43. The second kappa shape index (κ2) is 4.63. The number of hydrogen-bond donors (Lipinski definition) is 0. The molecule has 1 aliphatic rings. The highest BCUT2D eigenvalue weighted by molar-refractivity contribution is 9.10. The SMILES string of the molecule is Cc1cc(C2CC2)n2cc(-c3ccc(Br)cc3F)nc2n1. The summed E-state index contributed by atoms with van der Waals surface area (Å²) in [7, 11) is 0. The van der Waals surface area contributed by atoms with E-state index in [-0.39, 0.29) is 5.82 Å². The topological polar surface area (TPSA) is 30.2 Å². The Bertz CT molecular complexity index is 852. The maximum absolute atomic E-state index is 14.1. The van der Waals surface area contributed by atoms with Crippen molar-refractivity contribution in [2.24, 2.45) is 0 Å². The summed E-state index contributed by atoms with van der Waals surface area (Å²) in [4.78, 5) is 8.96. The van der Waals surface area contributed by atoms with Crippen molar-refractivity contribution >= 4 is 21.7 Å². The average Bonchev–Trinajstić information content (AvgIpc) is 3.18. The van der Waals surface area contributed by atoms with E-state index in [2.05, 4.69) is 32.0 Å². The van der Waals surface area contributed by atoms with Crippen LogP contribution >= 0.6 is 15.9 Å². The summed E-state index contributed by atoms with van der Waals surface area (Å²) in [6.45, 7) is 1.97. The number of hydrogen-bond acceptors (Lipinski definition) is 2. The van der Waals surface area contributed by atoms with E-state index in [1.54, 1.807) is 6.07 Å². The summed E-state index contributed by atoms with van der Waals surface area (Å²) in [6.07, 6.45) is 4.30. The highest BCUT2D eigenvalue weighted by atomic mass is 79.9. The molecule has 0 unspecified atom stereocenters. The molecule has 0 atom stereocenters. The molecule has 21 heavy (non-hydrogen) atoms. The molecule has 1 aliphatic carbocycles. The second-order valence-electron chi connectivity index (χ2n) is 5.52. The molecule has 2 heterocycles. The van der Waals surface area contributed by atoms with Crippen LogP contribution in [0.1, 0.15) is 30.1 Å². The lowest BCUT2D eigenvalue weighted by Gasteiger charge is -2.03. The molecule has 0 amide bonds. The van der Waals surface area contributed by atoms with Gasteiger partial charge in [-0.25, -0.2) is 14.4 Å². The Labute approximate surface area is 130 Å². The smallest absolute Gasteiger partial charge is 0.234 e. The number of aryl methyl sites for hydroxylation is 1. The zero-order valence-electron chi connectivity index (χ0n) is 11.5. The van der Waals surface area contributed by atoms with Crippen molar-refractivity contribution in [2.45, 2.75) is 25.7 Å². The molecule has 3 aromatic rings. The molecular formula is C16H13BrFN3. The van der Waals surface area contributed by atoms with Crippen molar-refractivity contribution < 1.29 is 4.39 Å². The third-order valence-electron chi connectivity index (χ3n) is 3.80. The van der Waals surface area contributed by atoms with Gasteiger partial charge in [-0.3, -0.25) is 4.40 Å². The fraction of sp³-hybridized carbons (Fsp3) is 0.250. The normalized spacial score (nSPS) is 14.8. The largest absolute Gasteiger partial charge is 0.287 e. The van der Waals surface area contributed by atoms with Gasteiger partial charge in [-0.2, -0.15) is 0 Å². The maximum Gasteiger partial charge on any atom is 0.234 e. The molecule has 4 rings (SSSR count). The number of halogens is 2. The van der Waals surface area contributed by atoms with E-state index in [0.717, 1.165) is 10.2 Å². The molecule has 5 heteroatoms. The highest BCUT2D eigenvalue weighted by Gasteiger charge is 2.27. The van der Waals surface area contributed by atoms with Gasteiger partial charge in [0.25, 0.3) is 0 Å². The molecule has 1 fully saturated rings. The molecule has 3 nitrogen and oxygen atoms in total. The van der Waals surface area contributed by atoms with Crippen molar-refractivity contribution in [3.63, 3.8) is 0 Å². The zero-order chi connectivity index (χ0) is 14.6. The van der Waals surface area contributed by atoms with E-state index < -0.39 is 0 Å². The van der Waals surface area contributed by atoms with Gasteiger partial charge in [-0.05, 0) is 49.9 Å². The third kappa shape index (κ3) is 2.25. The molecule has 1 aromatic carbocycles. The van der Waals surface area contributed by atoms with Crippen LogP contribution in [0.25, 0.3) is 17.0 Å². The van der Waals surface area contributed by atoms with Gasteiger partial charge in [0.2, 0.25) is 5.78 Å². The van der Waals surface area contributed by atoms with E-state index >= 15 is 0 Å². The van der Waals surface area contributed by atoms with Gasteiger partial charge < -0.3 is 0 Å². The predicted molar refractivity (Wildman–Crippen MR) is 82.8 cm³/mol. The molecule has 2 aromatic heterocycles. The minimum atomic E-state index is -0.280. The molecule has 1 saturated carbocycles. The Balaban J connectivity index is 1.92. The van der Waals surface area contributed by atoms with Gasteiger partial charge >= 0.3 is 0 Å². The maximum atomic E-state index is 14.1. The quantitative estimate of drug-likeness (QED) is 0.685. The number of rotatable bonds is 2. The van der Waals surface area contributed by atoms with Crippen LogP contribution in [0, 0.1) is 12.7 Å². The Morgan fingerprint density at radius 1 is 1.24 bits per heavy atom. The summed E-state index contributed by atoms with van der Waals surface area (Å²) >= 11 is 3.27. The Morgan fingerprint density at radius 3 is 2.76 bits per heavy atom. The van der Waals surface area contributed by atoms with Gasteiger partial charge in [-0.15, -0.1) is 0 Å². The summed E-state index contributed by atoms with van der Waals surface area (Å²) < 4.78 is 16.8. The van der Waals surface area contributed by atoms with Gasteiger partial charge in [-0.1, -0.05) is 15.9 Å². The average molecular weight is 346 g/mol. The van der Waals surface area contributed by atoms with E-state index in [4.69, 9.17) is 0 Å². The van der Waals surface area contributed by atoms with Crippen LogP contribution in [0.2, 0.25) is 0 Å². The first-order valence-corrected chi connectivity index (χ1v) is 7.73. The van der Waals surface area contributed by atoms with Crippen LogP contribution in [-0.4, -0.2) is 14.4 Å². The Hall–Kier alpha value is -1.75. The lowest BCUT2D eigenvalue weighted by molar-refractivity contribution is 0.630. The lowest BCUT2D eigenvalue weighted by atomic mass is 10.1. The first kappa shape index (κ1) is 13.0. The highest BCUT2D eigenvalue weighted by Crippen LogP contribution is 2.40. The Kier molecular flexibility index (Phi) is 2.85. The monoisotopic (exact) mass is 345 g/mol. The minimum absolute atomic E-state index is 0.280. The van der Waals surface area contributed by atoms with E-state index in [9.17, 15) is 4.39 Å². The van der Waals surface area contributed by atoms with E-state index in [1.165, 1.54) is 24.6 Å². The van der Waals surface area contributed by atoms with E-state index in [0.29, 0.717) is 23.0 Å². The number of fused-ring (bicyclic) bond motifs is 1. The molecule has 0 spiro atoms. The lowest BCUT2D eigenvalue weighted by Crippen LogP contribution is -1.98. The van der Waals surface area contributed by atoms with E-state index in [1.807, 2.05) is 23.6 Å². The molecule has 0 bridgehead atoms. The van der Waals surface area contributed by atoms with Crippen LogP contribution in [0.3, 0.4) is 0 Å². The van der Waals surface area contributed by atoms with Crippen molar-refractivity contribution in [1.82, 2.24) is 14.4 Å². The van der Waals surface area contributed by atoms with Crippen LogP contribution in [0.15, 0.2) is 34.9 Å². The van der Waals surface area contributed by atoms with Crippen molar-refractivity contribution in [3.05, 3.63) is 52.1 Å². The summed E-state index contributed by atoms with van der Waals surface area (Å²) in [6, 6.07) is 7.13. The van der Waals surface area contributed by atoms with Crippen molar-refractivity contribution in [1.29, 1.82) is 0 Å². The molecule has 106 valence electrons. The predicted octanol–water partition coefficient (Wildman–Crippen LogP) is 4.48. The number of imidazole rings is 1. The first-order valence-electron chi connectivity index (χ1n) is 6.94. The summed E-state index contributed by atoms with van der Waals surface area (Å²) in [5.74, 6) is 0.956. The summed E-state index contributed by atoms with van der Waals surface area (Å²) in [5.41, 5.74) is 3.31. The van der Waals surface area contributed by atoms with Gasteiger partial charge in [0.1, 0.15) is 5.82 Å². The molecule has 0 saturated heterocycles. The fourth-order valence-corrected chi connectivity index (χ4v) is 2.97. The third-order valence-corrected chi connectivity index (χ3v) is 4.29. The van der Waals surface area contributed by atoms with Gasteiger partial charge in [0.15, 0.2) is 0 Å². The van der Waals surface area contributed by atoms with Crippen molar-refractivity contribution in [2.75, 3.05) is 0 Å². The van der Waals surface area contributed by atoms with Crippen LogP contribution < -0.4 is 0 Å². The molecule has 0 N–H and O–H groups in total. The first-order chi connectivity index (χ1) is 10.1. The number of benzene rings is 1. The van der Waals surface area contributed by atoms with Gasteiger partial charge in [0.05, 0.1) is 5.69 Å². The Morgan fingerprint density at radius 2 is 2.05 bits per heavy atom. The standard InChI is InChI=1S/C16H13BrFN3/c1-9-6-15(10-2-3-10)21-8-14(20-16(21)19-9)12-5-4-11(17)7-13(12)18/h4-8,10H,2-3H2,1H3. The van der Waals surface area contributed by atoms with Crippen LogP contribution in [0.4, 0.5) is 4.39 Å². The molecule has 0 aliphatic heterocycles. The fourth-order valence-electron chi connectivity index (χ4n) is 2.63. The summed E-state index contributed by atoms with van der Waals surface area (Å²) in [5, 5.41) is 0. The zero-order valence-corrected chi connectivity index (χ0v) is 13.1. The molecule has 0 radical (unpaired) electrons. The van der Waals surface area contributed by atoms with Crippen molar-refractivity contribution in [3.8, 4) is 11.3 Å². The number of nitrogens with zero attached hydrogens (tertiary/aromatic N) is 3. The minimum Gasteiger partial charge on any atom is -0.287 e. The van der Waals surface area contributed by atoms with Gasteiger partial charge in [0, 0.05) is 27.6 Å². The number of aromatic nitrogens is 3. The van der Waals surface area contributed by atoms with Crippen LogP contribution in [-0.2, 0) is 0 Å².